The molecule has 4 nitrogen and oxygen atoms in total. The minimum atomic E-state index is -4.61. The summed E-state index contributed by atoms with van der Waals surface area (Å²) in [5, 5.41) is 0. The van der Waals surface area contributed by atoms with Crippen LogP contribution in [0.1, 0.15) is 0 Å². The van der Waals surface area contributed by atoms with Crippen LogP contribution in [0.25, 0.3) is 0 Å². The SMILES string of the molecule is O[Si](O)(O)O.[BeH2].[Fe].[Y]. The molecule has 0 aliphatic rings. The molecule has 8 heavy (non-hydrogen) atoms. The summed E-state index contributed by atoms with van der Waals surface area (Å²) in [6.45, 7) is 0. The van der Waals surface area contributed by atoms with Crippen LogP contribution in [0.3, 0.4) is 0 Å². The molecule has 0 saturated carbocycles. The Morgan fingerprint density at radius 1 is 0.875 bits per heavy atom. The molecule has 1 radical (unpaired) electrons. The predicted molar refractivity (Wildman–Crippen MR) is 23.2 cm³/mol. The van der Waals surface area contributed by atoms with Crippen LogP contribution >= 0.6 is 0 Å². The molecule has 0 aromatic rings. The van der Waals surface area contributed by atoms with Crippen LogP contribution in [-0.4, -0.2) is 38.4 Å². The summed E-state index contributed by atoms with van der Waals surface area (Å²) in [4.78, 5) is 29.3. The molecule has 0 aliphatic heterocycles. The van der Waals surface area contributed by atoms with Crippen molar-refractivity contribution in [1.29, 1.82) is 0 Å². The van der Waals surface area contributed by atoms with Crippen LogP contribution in [0.2, 0.25) is 0 Å². The van der Waals surface area contributed by atoms with E-state index in [0.717, 1.165) is 0 Å². The number of hydrogen-bond acceptors (Lipinski definition) is 4. The van der Waals surface area contributed by atoms with Gasteiger partial charge in [-0.3, -0.25) is 0 Å². The summed E-state index contributed by atoms with van der Waals surface area (Å²) in [6.07, 6.45) is 0. The Kier molecular flexibility index (Phi) is 24.9. The molecule has 0 amide bonds. The molecule has 0 spiro atoms. The molecule has 0 unspecified atom stereocenters. The van der Waals surface area contributed by atoms with E-state index in [0.29, 0.717) is 0 Å². The summed E-state index contributed by atoms with van der Waals surface area (Å²) in [7, 11) is -4.61. The average Bonchev–Trinajstić information content (AvgIpc) is 0.722. The van der Waals surface area contributed by atoms with E-state index in [9.17, 15) is 0 Å². The van der Waals surface area contributed by atoms with Crippen molar-refractivity contribution in [3.63, 3.8) is 0 Å². The fourth-order valence-corrected chi connectivity index (χ4v) is 0. The molecule has 0 saturated heterocycles. The topological polar surface area (TPSA) is 80.9 Å². The molecule has 0 heterocycles. The maximum atomic E-state index is 7.33. The van der Waals surface area contributed by atoms with Gasteiger partial charge in [0.05, 0.1) is 0 Å². The zero-order valence-corrected chi connectivity index (χ0v) is 8.16. The Balaban J connectivity index is -0.0000000267. The Bertz CT molecular complexity index is 31.5. The van der Waals surface area contributed by atoms with Gasteiger partial charge in [-0.05, 0) is 0 Å². The van der Waals surface area contributed by atoms with Gasteiger partial charge in [-0.15, -0.1) is 0 Å². The van der Waals surface area contributed by atoms with Gasteiger partial charge in [-0.2, -0.15) is 0 Å². The van der Waals surface area contributed by atoms with E-state index in [1.807, 2.05) is 0 Å². The number of hydrogen-bond donors (Lipinski definition) is 4. The van der Waals surface area contributed by atoms with Crippen LogP contribution in [0.5, 0.6) is 0 Å². The van der Waals surface area contributed by atoms with Gasteiger partial charge in [-0.1, -0.05) is 0 Å². The van der Waals surface area contributed by atoms with Crippen molar-refractivity contribution in [2.24, 2.45) is 0 Å². The molecule has 0 atom stereocenters. The van der Waals surface area contributed by atoms with Crippen LogP contribution in [-0.2, 0) is 49.8 Å². The van der Waals surface area contributed by atoms with Crippen molar-refractivity contribution in [3.8, 4) is 0 Å². The van der Waals surface area contributed by atoms with Crippen molar-refractivity contribution in [2.45, 2.75) is 0 Å². The molecule has 4 N–H and O–H groups in total. The standard InChI is InChI=1S/Be.Fe.H4O4Si.Y.2H/c;;1-5(2,3)4;;;/h;;1-4H;;;. The van der Waals surface area contributed by atoms with Crippen molar-refractivity contribution < 1.29 is 69.0 Å². The van der Waals surface area contributed by atoms with Gasteiger partial charge in [-0.25, -0.2) is 0 Å². The summed E-state index contributed by atoms with van der Waals surface area (Å²) in [5.41, 5.74) is 0. The summed E-state index contributed by atoms with van der Waals surface area (Å²) >= 11 is 0. The van der Waals surface area contributed by atoms with E-state index in [1.54, 1.807) is 0 Å². The first kappa shape index (κ1) is 22.5. The molecule has 0 aromatic heterocycles. The largest absolute Gasteiger partial charge is 0 e. The summed E-state index contributed by atoms with van der Waals surface area (Å²) in [6, 6.07) is 0. The van der Waals surface area contributed by atoms with Crippen molar-refractivity contribution in [2.75, 3.05) is 0 Å². The maximum absolute atomic E-state index is 7.33. The molecule has 0 bridgehead atoms. The second-order valence-electron chi connectivity index (χ2n) is 0.600. The number of rotatable bonds is 0. The molecule has 0 fully saturated rings. The Morgan fingerprint density at radius 3 is 0.875 bits per heavy atom. The Labute approximate surface area is 87.4 Å². The quantitative estimate of drug-likeness (QED) is 0.337. The van der Waals surface area contributed by atoms with E-state index in [-0.39, 0.29) is 59.9 Å². The molecular weight excluding hydrogens is 246 g/mol. The van der Waals surface area contributed by atoms with Crippen LogP contribution in [0.15, 0.2) is 0 Å². The van der Waals surface area contributed by atoms with Crippen LogP contribution < -0.4 is 0 Å². The smallest absolute Gasteiger partial charge is 0 e. The normalized spacial score (nSPS) is 7.50. The van der Waals surface area contributed by atoms with Gasteiger partial charge >= 0.3 is 19.2 Å². The third kappa shape index (κ3) is 108. The maximum Gasteiger partial charge on any atom is 0 e. The zero-order chi connectivity index (χ0) is 4.50. The van der Waals surface area contributed by atoms with E-state index < -0.39 is 9.05 Å². The zero-order valence-electron chi connectivity index (χ0n) is 3.22. The van der Waals surface area contributed by atoms with Gasteiger partial charge in [0.2, 0.25) is 0 Å². The van der Waals surface area contributed by atoms with Gasteiger partial charge in [0, 0.05) is 49.8 Å². The van der Waals surface area contributed by atoms with Gasteiger partial charge < -0.3 is 19.2 Å². The molecule has 47 valence electrons. The second kappa shape index (κ2) is 8.85. The minimum Gasteiger partial charge on any atom is 0 e. The van der Waals surface area contributed by atoms with Crippen LogP contribution in [0.4, 0.5) is 0 Å². The molecule has 8 heteroatoms. The third-order valence-electron chi connectivity index (χ3n) is 0. The van der Waals surface area contributed by atoms with Crippen molar-refractivity contribution in [3.05, 3.63) is 0 Å². The molecule has 0 aromatic carbocycles. The van der Waals surface area contributed by atoms with Crippen LogP contribution in [0, 0.1) is 0 Å². The van der Waals surface area contributed by atoms with E-state index >= 15 is 0 Å². The molecular formula is H6BeFeO4SiY. The third-order valence-corrected chi connectivity index (χ3v) is 0. The Morgan fingerprint density at radius 2 is 0.875 bits per heavy atom. The summed E-state index contributed by atoms with van der Waals surface area (Å²) in [5.74, 6) is 0. The van der Waals surface area contributed by atoms with E-state index in [1.165, 1.54) is 0 Å². The average molecular weight is 252 g/mol. The van der Waals surface area contributed by atoms with E-state index in [4.69, 9.17) is 19.2 Å². The van der Waals surface area contributed by atoms with Crippen molar-refractivity contribution in [1.82, 2.24) is 0 Å². The first-order valence-electron chi connectivity index (χ1n) is 0.894. The van der Waals surface area contributed by atoms with E-state index in [2.05, 4.69) is 0 Å². The van der Waals surface area contributed by atoms with Crippen molar-refractivity contribution >= 4 is 19.2 Å². The second-order valence-corrected chi connectivity index (χ2v) is 1.80. The fraction of sp³-hybridized carbons (Fsp3) is 0. The molecule has 0 aliphatic carbocycles. The fourth-order valence-electron chi connectivity index (χ4n) is 0. The monoisotopic (exact) mass is 252 g/mol. The Hall–Kier alpha value is 1.85. The first-order valence-corrected chi connectivity index (χ1v) is 2.68. The van der Waals surface area contributed by atoms with Gasteiger partial charge in [0.15, 0.2) is 0 Å². The predicted octanol–water partition coefficient (Wildman–Crippen LogP) is -3.53. The van der Waals surface area contributed by atoms with Gasteiger partial charge in [0.1, 0.15) is 0 Å². The van der Waals surface area contributed by atoms with Gasteiger partial charge in [0.25, 0.3) is 0 Å². The molecule has 0 rings (SSSR count). The summed E-state index contributed by atoms with van der Waals surface area (Å²) < 4.78 is 0. The first-order chi connectivity index (χ1) is 2.00. The minimum absolute atomic E-state index is 0.